The maximum atomic E-state index is 5.83. The maximum Gasteiger partial charge on any atom is 0.185 e. The number of piperazine rings is 1. The highest BCUT2D eigenvalue weighted by Gasteiger charge is 2.19. The van der Waals surface area contributed by atoms with Crippen LogP contribution in [-0.4, -0.2) is 36.1 Å². The molecule has 0 aromatic carbocycles. The summed E-state index contributed by atoms with van der Waals surface area (Å²) in [4.78, 5) is 13.5. The molecule has 20 heavy (non-hydrogen) atoms. The van der Waals surface area contributed by atoms with Crippen LogP contribution < -0.4 is 15.5 Å². The van der Waals surface area contributed by atoms with E-state index in [1.807, 2.05) is 30.8 Å². The summed E-state index contributed by atoms with van der Waals surface area (Å²) >= 11 is 1.70. The summed E-state index contributed by atoms with van der Waals surface area (Å²) in [5.74, 6) is 0. The molecule has 0 saturated carbocycles. The van der Waals surface area contributed by atoms with E-state index < -0.39 is 0 Å². The Bertz CT molecular complexity index is 529. The van der Waals surface area contributed by atoms with Crippen molar-refractivity contribution < 1.29 is 0 Å². The average Bonchev–Trinajstić information content (AvgIpc) is 3.02. The number of aromatic nitrogens is 2. The number of hydrogen-bond donors (Lipinski definition) is 1. The number of anilines is 2. The summed E-state index contributed by atoms with van der Waals surface area (Å²) in [6.07, 6.45) is 3.79. The smallest absolute Gasteiger partial charge is 0.185 e. The van der Waals surface area contributed by atoms with Gasteiger partial charge < -0.3 is 15.5 Å². The molecule has 1 unspecified atom stereocenters. The highest BCUT2D eigenvalue weighted by molar-refractivity contribution is 7.13. The van der Waals surface area contributed by atoms with Gasteiger partial charge in [0.15, 0.2) is 5.13 Å². The van der Waals surface area contributed by atoms with Gasteiger partial charge in [0.05, 0.1) is 17.6 Å². The number of nitrogens with two attached hydrogens (primary N) is 1. The Hall–Kier alpha value is -1.66. The molecule has 0 spiro atoms. The summed E-state index contributed by atoms with van der Waals surface area (Å²) < 4.78 is 0. The van der Waals surface area contributed by atoms with Crippen LogP contribution >= 0.6 is 11.3 Å². The first-order chi connectivity index (χ1) is 9.74. The zero-order valence-electron chi connectivity index (χ0n) is 11.6. The van der Waals surface area contributed by atoms with Gasteiger partial charge in [0.25, 0.3) is 0 Å². The fourth-order valence-corrected chi connectivity index (χ4v) is 3.08. The fourth-order valence-electron chi connectivity index (χ4n) is 2.38. The van der Waals surface area contributed by atoms with Crippen LogP contribution in [0.5, 0.6) is 0 Å². The zero-order valence-corrected chi connectivity index (χ0v) is 12.4. The molecule has 2 aromatic heterocycles. The molecular formula is C14H19N5S. The van der Waals surface area contributed by atoms with Crippen molar-refractivity contribution in [2.24, 2.45) is 5.73 Å². The molecular weight excluding hydrogens is 270 g/mol. The lowest BCUT2D eigenvalue weighted by molar-refractivity contribution is 0.650. The van der Waals surface area contributed by atoms with Gasteiger partial charge in [-0.2, -0.15) is 0 Å². The van der Waals surface area contributed by atoms with Crippen LogP contribution in [0.4, 0.5) is 10.8 Å². The number of hydrogen-bond acceptors (Lipinski definition) is 6. The molecule has 3 rings (SSSR count). The molecule has 1 atom stereocenters. The van der Waals surface area contributed by atoms with E-state index >= 15 is 0 Å². The van der Waals surface area contributed by atoms with Crippen molar-refractivity contribution in [3.8, 4) is 0 Å². The van der Waals surface area contributed by atoms with Crippen molar-refractivity contribution >= 4 is 22.2 Å². The van der Waals surface area contributed by atoms with E-state index in [4.69, 9.17) is 5.73 Å². The predicted molar refractivity (Wildman–Crippen MR) is 83.4 cm³/mol. The van der Waals surface area contributed by atoms with Gasteiger partial charge in [-0.15, -0.1) is 11.3 Å². The molecule has 3 heterocycles. The van der Waals surface area contributed by atoms with Crippen molar-refractivity contribution in [2.75, 3.05) is 36.0 Å². The second kappa shape index (κ2) is 5.76. The Morgan fingerprint density at radius 3 is 2.45 bits per heavy atom. The SMILES string of the molecule is CC(N)c1ccc(N2CCN(c3nccs3)CC2)cn1. The molecule has 5 nitrogen and oxygen atoms in total. The second-order valence-electron chi connectivity index (χ2n) is 5.02. The third kappa shape index (κ3) is 2.76. The molecule has 0 amide bonds. The minimum atomic E-state index is -0.00852. The van der Waals surface area contributed by atoms with Crippen LogP contribution in [0.1, 0.15) is 18.7 Å². The standard InChI is InChI=1S/C14H19N5S/c1-11(15)13-3-2-12(10-17-13)18-5-7-19(8-6-18)14-16-4-9-20-14/h2-4,9-11H,5-8,15H2,1H3. The summed E-state index contributed by atoms with van der Waals surface area (Å²) in [6, 6.07) is 4.13. The van der Waals surface area contributed by atoms with E-state index in [0.29, 0.717) is 0 Å². The van der Waals surface area contributed by atoms with Gasteiger partial charge in [0, 0.05) is 43.8 Å². The monoisotopic (exact) mass is 289 g/mol. The van der Waals surface area contributed by atoms with Gasteiger partial charge in [-0.1, -0.05) is 0 Å². The first-order valence-electron chi connectivity index (χ1n) is 6.85. The minimum Gasteiger partial charge on any atom is -0.367 e. The molecule has 1 aliphatic heterocycles. The van der Waals surface area contributed by atoms with Gasteiger partial charge in [0.1, 0.15) is 0 Å². The van der Waals surface area contributed by atoms with Crippen molar-refractivity contribution in [3.05, 3.63) is 35.6 Å². The molecule has 0 bridgehead atoms. The summed E-state index contributed by atoms with van der Waals surface area (Å²) in [5, 5.41) is 3.15. The second-order valence-corrected chi connectivity index (χ2v) is 5.89. The summed E-state index contributed by atoms with van der Waals surface area (Å²) in [5.41, 5.74) is 7.94. The summed E-state index contributed by atoms with van der Waals surface area (Å²) in [6.45, 7) is 5.96. The van der Waals surface area contributed by atoms with Gasteiger partial charge in [-0.05, 0) is 19.1 Å². The first-order valence-corrected chi connectivity index (χ1v) is 7.73. The van der Waals surface area contributed by atoms with Crippen molar-refractivity contribution in [1.29, 1.82) is 0 Å². The van der Waals surface area contributed by atoms with E-state index in [0.717, 1.165) is 37.0 Å². The number of rotatable bonds is 3. The van der Waals surface area contributed by atoms with E-state index in [9.17, 15) is 0 Å². The van der Waals surface area contributed by atoms with Crippen LogP contribution in [0.15, 0.2) is 29.9 Å². The Morgan fingerprint density at radius 1 is 1.15 bits per heavy atom. The van der Waals surface area contributed by atoms with Crippen LogP contribution in [0, 0.1) is 0 Å². The average molecular weight is 289 g/mol. The first kappa shape index (κ1) is 13.3. The lowest BCUT2D eigenvalue weighted by Crippen LogP contribution is -2.46. The van der Waals surface area contributed by atoms with E-state index in [-0.39, 0.29) is 6.04 Å². The van der Waals surface area contributed by atoms with Gasteiger partial charge in [0.2, 0.25) is 0 Å². The Balaban J connectivity index is 1.63. The summed E-state index contributed by atoms with van der Waals surface area (Å²) in [7, 11) is 0. The fraction of sp³-hybridized carbons (Fsp3) is 0.429. The van der Waals surface area contributed by atoms with Crippen LogP contribution in [0.3, 0.4) is 0 Å². The topological polar surface area (TPSA) is 58.3 Å². The zero-order chi connectivity index (χ0) is 13.9. The van der Waals surface area contributed by atoms with E-state index in [1.165, 1.54) is 5.69 Å². The van der Waals surface area contributed by atoms with Crippen molar-refractivity contribution in [2.45, 2.75) is 13.0 Å². The van der Waals surface area contributed by atoms with Gasteiger partial charge in [-0.25, -0.2) is 4.98 Å². The number of nitrogens with zero attached hydrogens (tertiary/aromatic N) is 4. The number of pyridine rings is 1. The molecule has 106 valence electrons. The Morgan fingerprint density at radius 2 is 1.90 bits per heavy atom. The molecule has 2 aromatic rings. The maximum absolute atomic E-state index is 5.83. The molecule has 6 heteroatoms. The molecule has 1 aliphatic rings. The third-order valence-corrected chi connectivity index (χ3v) is 4.40. The quantitative estimate of drug-likeness (QED) is 0.935. The lowest BCUT2D eigenvalue weighted by atomic mass is 10.2. The Kier molecular flexibility index (Phi) is 3.84. The molecule has 2 N–H and O–H groups in total. The van der Waals surface area contributed by atoms with Crippen molar-refractivity contribution in [1.82, 2.24) is 9.97 Å². The number of thiazole rings is 1. The highest BCUT2D eigenvalue weighted by Crippen LogP contribution is 2.22. The molecule has 1 saturated heterocycles. The lowest BCUT2D eigenvalue weighted by Gasteiger charge is -2.35. The third-order valence-electron chi connectivity index (χ3n) is 3.57. The van der Waals surface area contributed by atoms with Crippen LogP contribution in [-0.2, 0) is 0 Å². The molecule has 0 radical (unpaired) electrons. The van der Waals surface area contributed by atoms with Gasteiger partial charge >= 0.3 is 0 Å². The highest BCUT2D eigenvalue weighted by atomic mass is 32.1. The normalized spacial score (nSPS) is 17.3. The molecule has 0 aliphatic carbocycles. The predicted octanol–water partition coefficient (Wildman–Crippen LogP) is 1.88. The van der Waals surface area contributed by atoms with Crippen LogP contribution in [0.2, 0.25) is 0 Å². The van der Waals surface area contributed by atoms with E-state index in [1.54, 1.807) is 11.3 Å². The van der Waals surface area contributed by atoms with Crippen LogP contribution in [0.25, 0.3) is 0 Å². The Labute approximate surface area is 123 Å². The van der Waals surface area contributed by atoms with Gasteiger partial charge in [-0.3, -0.25) is 4.98 Å². The minimum absolute atomic E-state index is 0.00852. The van der Waals surface area contributed by atoms with E-state index in [2.05, 4.69) is 25.8 Å². The molecule has 1 fully saturated rings. The largest absolute Gasteiger partial charge is 0.367 e. The van der Waals surface area contributed by atoms with Crippen molar-refractivity contribution in [3.63, 3.8) is 0 Å².